The topological polar surface area (TPSA) is 35.5 Å². The van der Waals surface area contributed by atoms with Gasteiger partial charge < -0.3 is 9.47 Å². The van der Waals surface area contributed by atoms with Crippen molar-refractivity contribution in [1.29, 1.82) is 0 Å². The average molecular weight is 215 g/mol. The molecule has 1 aromatic rings. The zero-order valence-corrected chi connectivity index (χ0v) is 8.58. The van der Waals surface area contributed by atoms with Gasteiger partial charge in [0.15, 0.2) is 0 Å². The van der Waals surface area contributed by atoms with Gasteiger partial charge in [0.1, 0.15) is 12.4 Å². The van der Waals surface area contributed by atoms with Gasteiger partial charge in [0.25, 0.3) is 0 Å². The van der Waals surface area contributed by atoms with Crippen LogP contribution in [-0.4, -0.2) is 18.6 Å². The van der Waals surface area contributed by atoms with E-state index in [-0.39, 0.29) is 12.5 Å². The molecule has 0 amide bonds. The number of carbonyl (C=O) groups is 1. The van der Waals surface area contributed by atoms with E-state index in [0.717, 1.165) is 5.56 Å². The summed E-state index contributed by atoms with van der Waals surface area (Å²) in [7, 11) is 0. The van der Waals surface area contributed by atoms with E-state index in [0.29, 0.717) is 5.75 Å². The van der Waals surface area contributed by atoms with E-state index in [1.807, 2.05) is 13.0 Å². The number of rotatable bonds is 3. The van der Waals surface area contributed by atoms with Crippen LogP contribution in [-0.2, 0) is 4.74 Å². The van der Waals surface area contributed by atoms with E-state index in [1.54, 1.807) is 18.2 Å². The standard InChI is InChI=1S/C10H11ClO3/c1-8-3-2-4-9(7-8)14-10(12)13-6-5-11/h2-4,7H,5-6H2,1H3. The normalized spacial score (nSPS) is 9.57. The molecule has 3 nitrogen and oxygen atoms in total. The molecule has 0 spiro atoms. The molecule has 0 bridgehead atoms. The lowest BCUT2D eigenvalue weighted by Crippen LogP contribution is -2.11. The van der Waals surface area contributed by atoms with Crippen LogP contribution < -0.4 is 4.74 Å². The predicted molar refractivity (Wildman–Crippen MR) is 53.9 cm³/mol. The minimum absolute atomic E-state index is 0.159. The Morgan fingerprint density at radius 2 is 2.29 bits per heavy atom. The van der Waals surface area contributed by atoms with Gasteiger partial charge in [-0.1, -0.05) is 12.1 Å². The molecular weight excluding hydrogens is 204 g/mol. The molecule has 0 aliphatic carbocycles. The molecule has 76 valence electrons. The van der Waals surface area contributed by atoms with Crippen LogP contribution >= 0.6 is 11.6 Å². The lowest BCUT2D eigenvalue weighted by molar-refractivity contribution is 0.105. The summed E-state index contributed by atoms with van der Waals surface area (Å²) in [6, 6.07) is 7.16. The Kier molecular flexibility index (Phi) is 4.26. The van der Waals surface area contributed by atoms with Gasteiger partial charge in [-0.15, -0.1) is 11.6 Å². The van der Waals surface area contributed by atoms with Crippen LogP contribution in [0.25, 0.3) is 0 Å². The third-order valence-corrected chi connectivity index (χ3v) is 1.64. The van der Waals surface area contributed by atoms with Gasteiger partial charge in [-0.25, -0.2) is 4.79 Å². The zero-order chi connectivity index (χ0) is 10.4. The summed E-state index contributed by atoms with van der Waals surface area (Å²) in [5.41, 5.74) is 1.02. The fraction of sp³-hybridized carbons (Fsp3) is 0.300. The second-order valence-electron chi connectivity index (χ2n) is 2.71. The molecule has 4 heteroatoms. The summed E-state index contributed by atoms with van der Waals surface area (Å²) in [5.74, 6) is 0.743. The Bertz CT molecular complexity index is 312. The minimum Gasteiger partial charge on any atom is -0.433 e. The highest BCUT2D eigenvalue weighted by atomic mass is 35.5. The fourth-order valence-electron chi connectivity index (χ4n) is 0.926. The summed E-state index contributed by atoms with van der Waals surface area (Å²) >= 11 is 5.34. The van der Waals surface area contributed by atoms with Crippen molar-refractivity contribution in [3.63, 3.8) is 0 Å². The molecule has 0 aliphatic heterocycles. The summed E-state index contributed by atoms with van der Waals surface area (Å²) in [6.07, 6.45) is -0.726. The van der Waals surface area contributed by atoms with Crippen molar-refractivity contribution in [2.24, 2.45) is 0 Å². The molecule has 0 atom stereocenters. The van der Waals surface area contributed by atoms with Crippen molar-refractivity contribution in [2.45, 2.75) is 6.92 Å². The Balaban J connectivity index is 2.47. The Labute approximate surface area is 87.6 Å². The summed E-state index contributed by atoms with van der Waals surface area (Å²) in [5, 5.41) is 0. The maximum Gasteiger partial charge on any atom is 0.513 e. The zero-order valence-electron chi connectivity index (χ0n) is 7.83. The van der Waals surface area contributed by atoms with Crippen molar-refractivity contribution in [3.8, 4) is 5.75 Å². The Morgan fingerprint density at radius 1 is 1.50 bits per heavy atom. The summed E-state index contributed by atoms with van der Waals surface area (Å²) < 4.78 is 9.52. The predicted octanol–water partition coefficient (Wildman–Crippen LogP) is 2.75. The van der Waals surface area contributed by atoms with Crippen LogP contribution in [0, 0.1) is 6.92 Å². The molecular formula is C10H11ClO3. The van der Waals surface area contributed by atoms with E-state index in [9.17, 15) is 4.79 Å². The lowest BCUT2D eigenvalue weighted by atomic mass is 10.2. The maximum atomic E-state index is 11.0. The van der Waals surface area contributed by atoms with E-state index >= 15 is 0 Å². The number of ether oxygens (including phenoxy) is 2. The third kappa shape index (κ3) is 3.66. The van der Waals surface area contributed by atoms with Crippen LogP contribution in [0.5, 0.6) is 5.75 Å². The molecule has 0 N–H and O–H groups in total. The highest BCUT2D eigenvalue weighted by Gasteiger charge is 2.04. The van der Waals surface area contributed by atoms with Crippen LogP contribution in [0.2, 0.25) is 0 Å². The largest absolute Gasteiger partial charge is 0.513 e. The monoisotopic (exact) mass is 214 g/mol. The molecule has 14 heavy (non-hydrogen) atoms. The van der Waals surface area contributed by atoms with Crippen LogP contribution in [0.3, 0.4) is 0 Å². The van der Waals surface area contributed by atoms with Gasteiger partial charge in [0, 0.05) is 0 Å². The van der Waals surface area contributed by atoms with E-state index in [1.165, 1.54) is 0 Å². The molecule has 0 saturated heterocycles. The van der Waals surface area contributed by atoms with E-state index in [2.05, 4.69) is 4.74 Å². The van der Waals surface area contributed by atoms with Crippen molar-refractivity contribution in [1.82, 2.24) is 0 Å². The number of halogens is 1. The minimum atomic E-state index is -0.726. The molecule has 1 aromatic carbocycles. The molecule has 0 aliphatic rings. The van der Waals surface area contributed by atoms with E-state index < -0.39 is 6.16 Å². The molecule has 0 saturated carbocycles. The van der Waals surface area contributed by atoms with Gasteiger partial charge in [0.2, 0.25) is 0 Å². The Hall–Kier alpha value is -1.22. The fourth-order valence-corrected chi connectivity index (χ4v) is 1.00. The lowest BCUT2D eigenvalue weighted by Gasteiger charge is -2.04. The van der Waals surface area contributed by atoms with Crippen LogP contribution in [0.15, 0.2) is 24.3 Å². The average Bonchev–Trinajstić information content (AvgIpc) is 2.15. The summed E-state index contributed by atoms with van der Waals surface area (Å²) in [4.78, 5) is 11.0. The molecule has 1 rings (SSSR count). The van der Waals surface area contributed by atoms with Gasteiger partial charge >= 0.3 is 6.16 Å². The molecule has 0 fully saturated rings. The second-order valence-corrected chi connectivity index (χ2v) is 3.08. The number of carbonyl (C=O) groups excluding carboxylic acids is 1. The van der Waals surface area contributed by atoms with Gasteiger partial charge in [-0.2, -0.15) is 0 Å². The quantitative estimate of drug-likeness (QED) is 0.441. The maximum absolute atomic E-state index is 11.0. The molecule has 0 heterocycles. The molecule has 0 aromatic heterocycles. The van der Waals surface area contributed by atoms with Crippen molar-refractivity contribution >= 4 is 17.8 Å². The number of hydrogen-bond acceptors (Lipinski definition) is 3. The first-order chi connectivity index (χ1) is 6.72. The number of aryl methyl sites for hydroxylation is 1. The molecule has 0 unspecified atom stereocenters. The number of benzene rings is 1. The van der Waals surface area contributed by atoms with Crippen LogP contribution in [0.4, 0.5) is 4.79 Å². The summed E-state index contributed by atoms with van der Waals surface area (Å²) in [6.45, 7) is 2.07. The first-order valence-electron chi connectivity index (χ1n) is 4.19. The smallest absolute Gasteiger partial charge is 0.433 e. The van der Waals surface area contributed by atoms with Gasteiger partial charge in [-0.3, -0.25) is 0 Å². The first-order valence-corrected chi connectivity index (χ1v) is 4.73. The highest BCUT2D eigenvalue weighted by molar-refractivity contribution is 6.18. The third-order valence-electron chi connectivity index (χ3n) is 1.49. The Morgan fingerprint density at radius 3 is 2.93 bits per heavy atom. The molecule has 0 radical (unpaired) electrons. The second kappa shape index (κ2) is 5.50. The van der Waals surface area contributed by atoms with Crippen LogP contribution in [0.1, 0.15) is 5.56 Å². The highest BCUT2D eigenvalue weighted by Crippen LogP contribution is 2.12. The van der Waals surface area contributed by atoms with Crippen molar-refractivity contribution in [3.05, 3.63) is 29.8 Å². The number of hydrogen-bond donors (Lipinski definition) is 0. The van der Waals surface area contributed by atoms with Crippen molar-refractivity contribution in [2.75, 3.05) is 12.5 Å². The van der Waals surface area contributed by atoms with E-state index in [4.69, 9.17) is 16.3 Å². The first kappa shape index (κ1) is 10.9. The van der Waals surface area contributed by atoms with Gasteiger partial charge in [0.05, 0.1) is 5.88 Å². The number of alkyl halides is 1. The van der Waals surface area contributed by atoms with Crippen molar-refractivity contribution < 1.29 is 14.3 Å². The SMILES string of the molecule is Cc1cccc(OC(=O)OCCCl)c1. The van der Waals surface area contributed by atoms with Gasteiger partial charge in [-0.05, 0) is 24.6 Å².